The first-order chi connectivity index (χ1) is 15.5. The Labute approximate surface area is 188 Å². The number of nitrogens with zero attached hydrogens (tertiary/aromatic N) is 4. The second kappa shape index (κ2) is 10.1. The van der Waals surface area contributed by atoms with E-state index in [1.807, 2.05) is 17.0 Å². The number of piperidine rings is 1. The van der Waals surface area contributed by atoms with Gasteiger partial charge in [0.1, 0.15) is 12.0 Å². The first-order valence-corrected chi connectivity index (χ1v) is 11.3. The molecule has 170 valence electrons. The zero-order chi connectivity index (χ0) is 22.5. The van der Waals surface area contributed by atoms with Gasteiger partial charge in [0.05, 0.1) is 6.10 Å². The summed E-state index contributed by atoms with van der Waals surface area (Å²) in [6.07, 6.45) is 4.39. The normalized spacial score (nSPS) is 17.2. The van der Waals surface area contributed by atoms with E-state index in [0.29, 0.717) is 18.2 Å². The maximum absolute atomic E-state index is 12.6. The molecule has 1 fully saturated rings. The minimum atomic E-state index is -0.669. The Morgan fingerprint density at radius 1 is 1.19 bits per heavy atom. The van der Waals surface area contributed by atoms with E-state index in [1.165, 1.54) is 11.9 Å². The van der Waals surface area contributed by atoms with E-state index in [-0.39, 0.29) is 18.4 Å². The molecule has 2 aromatic rings. The summed E-state index contributed by atoms with van der Waals surface area (Å²) in [6, 6.07) is 9.95. The molecule has 1 saturated heterocycles. The topological polar surface area (TPSA) is 98.7 Å². The average Bonchev–Trinajstić information content (AvgIpc) is 3.21. The van der Waals surface area contributed by atoms with Crippen molar-refractivity contribution < 1.29 is 14.7 Å². The molecule has 3 heterocycles. The quantitative estimate of drug-likeness (QED) is 0.680. The van der Waals surface area contributed by atoms with Crippen LogP contribution in [-0.4, -0.2) is 70.6 Å². The standard InChI is InChI=1S/C24H31N5O3/c1-17(30)28-9-6-18(7-10-28)12-20-13-22(27-16-26-20)24(32)25-14-21(31)15-29-11-8-19-4-2-3-5-23(19)29/h2-5,13,16,18,21,31H,6-12,14-15H2,1H3,(H,25,32)/t21-/m0/s1. The van der Waals surface area contributed by atoms with E-state index < -0.39 is 6.10 Å². The summed E-state index contributed by atoms with van der Waals surface area (Å²) in [7, 11) is 0. The lowest BCUT2D eigenvalue weighted by atomic mass is 9.92. The van der Waals surface area contributed by atoms with Gasteiger partial charge < -0.3 is 20.2 Å². The minimum absolute atomic E-state index is 0.126. The van der Waals surface area contributed by atoms with Crippen LogP contribution in [-0.2, 0) is 17.6 Å². The van der Waals surface area contributed by atoms with Gasteiger partial charge in [-0.3, -0.25) is 9.59 Å². The van der Waals surface area contributed by atoms with Crippen LogP contribution in [0, 0.1) is 5.92 Å². The predicted octanol–water partition coefficient (Wildman–Crippen LogP) is 1.43. The Balaban J connectivity index is 1.25. The summed E-state index contributed by atoms with van der Waals surface area (Å²) in [5.74, 6) is 0.267. The second-order valence-corrected chi connectivity index (χ2v) is 8.74. The van der Waals surface area contributed by atoms with Gasteiger partial charge in [0.25, 0.3) is 5.91 Å². The molecule has 2 N–H and O–H groups in total. The number of nitrogens with one attached hydrogen (secondary N) is 1. The van der Waals surface area contributed by atoms with Gasteiger partial charge in [-0.2, -0.15) is 0 Å². The van der Waals surface area contributed by atoms with Crippen molar-refractivity contribution in [1.82, 2.24) is 20.2 Å². The molecule has 0 radical (unpaired) electrons. The monoisotopic (exact) mass is 437 g/mol. The molecular weight excluding hydrogens is 406 g/mol. The highest BCUT2D eigenvalue weighted by Crippen LogP contribution is 2.27. The number of anilines is 1. The summed E-state index contributed by atoms with van der Waals surface area (Å²) in [5.41, 5.74) is 3.60. The van der Waals surface area contributed by atoms with Crippen LogP contribution in [0.15, 0.2) is 36.7 Å². The first kappa shape index (κ1) is 22.2. The van der Waals surface area contributed by atoms with Crippen LogP contribution in [0.2, 0.25) is 0 Å². The van der Waals surface area contributed by atoms with Crippen LogP contribution in [0.25, 0.3) is 0 Å². The van der Waals surface area contributed by atoms with E-state index in [4.69, 9.17) is 0 Å². The molecule has 32 heavy (non-hydrogen) atoms. The maximum Gasteiger partial charge on any atom is 0.270 e. The molecule has 1 aromatic heterocycles. The molecule has 0 bridgehead atoms. The van der Waals surface area contributed by atoms with Crippen molar-refractivity contribution in [1.29, 1.82) is 0 Å². The average molecular weight is 438 g/mol. The summed E-state index contributed by atoms with van der Waals surface area (Å²) in [4.78, 5) is 36.5. The lowest BCUT2D eigenvalue weighted by Gasteiger charge is -2.31. The van der Waals surface area contributed by atoms with E-state index >= 15 is 0 Å². The SMILES string of the molecule is CC(=O)N1CCC(Cc2cc(C(=O)NC[C@H](O)CN3CCc4ccccc43)ncn2)CC1. The van der Waals surface area contributed by atoms with Crippen molar-refractivity contribution in [3.8, 4) is 0 Å². The van der Waals surface area contributed by atoms with E-state index in [0.717, 1.165) is 56.7 Å². The Morgan fingerprint density at radius 3 is 2.75 bits per heavy atom. The number of carbonyl (C=O) groups is 2. The van der Waals surface area contributed by atoms with Crippen molar-refractivity contribution in [3.63, 3.8) is 0 Å². The minimum Gasteiger partial charge on any atom is -0.389 e. The Bertz CT molecular complexity index is 958. The molecule has 8 nitrogen and oxygen atoms in total. The molecule has 0 spiro atoms. The number of aliphatic hydroxyl groups excluding tert-OH is 1. The lowest BCUT2D eigenvalue weighted by Crippen LogP contribution is -2.40. The Hall–Kier alpha value is -3.00. The van der Waals surface area contributed by atoms with Crippen LogP contribution in [0.5, 0.6) is 0 Å². The third-order valence-electron chi connectivity index (χ3n) is 6.43. The smallest absolute Gasteiger partial charge is 0.270 e. The molecule has 2 aliphatic heterocycles. The molecule has 1 aromatic carbocycles. The van der Waals surface area contributed by atoms with Crippen LogP contribution < -0.4 is 10.2 Å². The molecule has 4 rings (SSSR count). The zero-order valence-electron chi connectivity index (χ0n) is 18.5. The summed E-state index contributed by atoms with van der Waals surface area (Å²) in [5, 5.41) is 13.2. The van der Waals surface area contributed by atoms with Gasteiger partial charge in [-0.05, 0) is 49.3 Å². The first-order valence-electron chi connectivity index (χ1n) is 11.3. The van der Waals surface area contributed by atoms with Gasteiger partial charge in [-0.15, -0.1) is 0 Å². The summed E-state index contributed by atoms with van der Waals surface area (Å²) >= 11 is 0. The highest BCUT2D eigenvalue weighted by molar-refractivity contribution is 5.92. The van der Waals surface area contributed by atoms with Crippen LogP contribution in [0.1, 0.15) is 41.5 Å². The van der Waals surface area contributed by atoms with Crippen LogP contribution in [0.4, 0.5) is 5.69 Å². The van der Waals surface area contributed by atoms with Gasteiger partial charge in [0.2, 0.25) is 5.91 Å². The van der Waals surface area contributed by atoms with Gasteiger partial charge in [-0.25, -0.2) is 9.97 Å². The number of para-hydroxylation sites is 1. The van der Waals surface area contributed by atoms with Gasteiger partial charge in [0, 0.05) is 51.0 Å². The fraction of sp³-hybridized carbons (Fsp3) is 0.500. The van der Waals surface area contributed by atoms with E-state index in [1.54, 1.807) is 13.0 Å². The number of hydrogen-bond donors (Lipinski definition) is 2. The third-order valence-corrected chi connectivity index (χ3v) is 6.43. The molecule has 0 unspecified atom stereocenters. The highest BCUT2D eigenvalue weighted by Gasteiger charge is 2.23. The Kier molecular flexibility index (Phi) is 6.99. The molecule has 2 aliphatic rings. The van der Waals surface area contributed by atoms with E-state index in [9.17, 15) is 14.7 Å². The zero-order valence-corrected chi connectivity index (χ0v) is 18.5. The largest absolute Gasteiger partial charge is 0.389 e. The number of aliphatic hydroxyl groups is 1. The van der Waals surface area contributed by atoms with Gasteiger partial charge in [-0.1, -0.05) is 18.2 Å². The number of aromatic nitrogens is 2. The number of β-amino-alcohol motifs (C(OH)–C–C–N with tert-alkyl or cyclic N) is 1. The third kappa shape index (κ3) is 5.43. The van der Waals surface area contributed by atoms with Crippen molar-refractivity contribution >= 4 is 17.5 Å². The maximum atomic E-state index is 12.6. The number of hydrogen-bond acceptors (Lipinski definition) is 6. The summed E-state index contributed by atoms with van der Waals surface area (Å²) < 4.78 is 0. The van der Waals surface area contributed by atoms with Crippen molar-refractivity contribution in [2.24, 2.45) is 5.92 Å². The van der Waals surface area contributed by atoms with Crippen LogP contribution >= 0.6 is 0 Å². The number of carbonyl (C=O) groups excluding carboxylic acids is 2. The molecular formula is C24H31N5O3. The van der Waals surface area contributed by atoms with Gasteiger partial charge >= 0.3 is 0 Å². The van der Waals surface area contributed by atoms with Crippen molar-refractivity contribution in [2.45, 2.75) is 38.7 Å². The number of benzene rings is 1. The molecule has 8 heteroatoms. The van der Waals surface area contributed by atoms with Crippen molar-refractivity contribution in [2.75, 3.05) is 37.6 Å². The number of fused-ring (bicyclic) bond motifs is 1. The fourth-order valence-electron chi connectivity index (χ4n) is 4.60. The fourth-order valence-corrected chi connectivity index (χ4v) is 4.60. The molecule has 0 saturated carbocycles. The van der Waals surface area contributed by atoms with Gasteiger partial charge in [0.15, 0.2) is 0 Å². The number of likely N-dealkylation sites (tertiary alicyclic amines) is 1. The number of amides is 2. The highest BCUT2D eigenvalue weighted by atomic mass is 16.3. The van der Waals surface area contributed by atoms with Crippen molar-refractivity contribution in [3.05, 3.63) is 53.6 Å². The predicted molar refractivity (Wildman–Crippen MR) is 121 cm³/mol. The molecule has 1 atom stereocenters. The summed E-state index contributed by atoms with van der Waals surface area (Å²) in [6.45, 7) is 4.68. The van der Waals surface area contributed by atoms with Crippen LogP contribution in [0.3, 0.4) is 0 Å². The molecule has 2 amide bonds. The second-order valence-electron chi connectivity index (χ2n) is 8.74. The lowest BCUT2D eigenvalue weighted by molar-refractivity contribution is -0.130. The Morgan fingerprint density at radius 2 is 1.97 bits per heavy atom. The number of rotatable bonds is 7. The van der Waals surface area contributed by atoms with E-state index in [2.05, 4.69) is 32.3 Å². The molecule has 0 aliphatic carbocycles.